The Morgan fingerprint density at radius 2 is 1.36 bits per heavy atom. The lowest BCUT2D eigenvalue weighted by Crippen LogP contribution is -2.45. The summed E-state index contributed by atoms with van der Waals surface area (Å²) >= 11 is 3.53. The Morgan fingerprint density at radius 1 is 0.960 bits per heavy atom. The Morgan fingerprint density at radius 3 is 1.68 bits per heavy atom. The molecule has 0 N–H and O–H groups in total. The Kier molecular flexibility index (Phi) is 8.52. The minimum Gasteiger partial charge on any atom is -0.307 e. The topological polar surface area (TPSA) is 20.3 Å². The fourth-order valence-electron chi connectivity index (χ4n) is 3.20. The van der Waals surface area contributed by atoms with Crippen molar-refractivity contribution in [2.24, 2.45) is 0 Å². The maximum Gasteiger partial charge on any atom is 0.161 e. The molecule has 0 aliphatic heterocycles. The zero-order chi connectivity index (χ0) is 17.7. The summed E-state index contributed by atoms with van der Waals surface area (Å²) in [5.41, 5.74) is 1.46. The minimum absolute atomic E-state index is 0. The molecule has 2 aromatic rings. The average molecular weight is 469 g/mol. The molecule has 0 amide bonds. The molecule has 0 radical (unpaired) electrons. The largest absolute Gasteiger partial charge is 0.307 e. The van der Waals surface area contributed by atoms with Gasteiger partial charge in [-0.15, -0.1) is 17.0 Å². The van der Waals surface area contributed by atoms with E-state index in [2.05, 4.69) is 66.1 Å². The molecule has 25 heavy (non-hydrogen) atoms. The van der Waals surface area contributed by atoms with Gasteiger partial charge in [0.25, 0.3) is 0 Å². The molecule has 2 atom stereocenters. The number of hydrogen-bond acceptors (Lipinski definition) is 2. The van der Waals surface area contributed by atoms with Crippen molar-refractivity contribution in [1.82, 2.24) is 4.90 Å². The molecule has 2 nitrogen and oxygen atoms in total. The maximum absolute atomic E-state index is 13.5. The smallest absolute Gasteiger partial charge is 0.161 e. The van der Waals surface area contributed by atoms with Crippen molar-refractivity contribution in [3.05, 3.63) is 71.8 Å². The fourth-order valence-corrected chi connectivity index (χ4v) is 3.59. The fraction of sp³-hybridized carbons (Fsp3) is 0.381. The van der Waals surface area contributed by atoms with Gasteiger partial charge in [0.15, 0.2) is 5.78 Å². The molecule has 2 unspecified atom stereocenters. The first-order valence-electron chi connectivity index (χ1n) is 8.35. The standard InChI is InChI=1S/C21H26BrNO.BrH/c1-16(23(3)4)15-21(20(24)17(2)22,18-11-7-5-8-12-18)19-13-9-6-10-14-19;/h5-14,16-17H,15H2,1-4H3;1H. The van der Waals surface area contributed by atoms with Gasteiger partial charge in [-0.25, -0.2) is 0 Å². The van der Waals surface area contributed by atoms with Crippen LogP contribution in [0.5, 0.6) is 0 Å². The number of Topliss-reactive ketones (excluding diaryl/α,β-unsaturated/α-hetero) is 1. The van der Waals surface area contributed by atoms with Gasteiger partial charge in [0.1, 0.15) is 0 Å². The van der Waals surface area contributed by atoms with E-state index in [0.717, 1.165) is 17.5 Å². The number of ketones is 1. The van der Waals surface area contributed by atoms with Gasteiger partial charge in [0.2, 0.25) is 0 Å². The van der Waals surface area contributed by atoms with Crippen molar-refractivity contribution in [1.29, 1.82) is 0 Å². The summed E-state index contributed by atoms with van der Waals surface area (Å²) in [5, 5.41) is 0. The molecular weight excluding hydrogens is 442 g/mol. The highest BCUT2D eigenvalue weighted by molar-refractivity contribution is 9.10. The van der Waals surface area contributed by atoms with Crippen LogP contribution in [0.4, 0.5) is 0 Å². The van der Waals surface area contributed by atoms with Crippen molar-refractivity contribution in [3.8, 4) is 0 Å². The number of hydrogen-bond donors (Lipinski definition) is 0. The van der Waals surface area contributed by atoms with Crippen LogP contribution in [0.2, 0.25) is 0 Å². The van der Waals surface area contributed by atoms with Crippen molar-refractivity contribution >= 4 is 38.7 Å². The molecule has 2 aromatic carbocycles. The normalized spacial score (nSPS) is 13.8. The zero-order valence-corrected chi connectivity index (χ0v) is 18.6. The molecule has 0 aliphatic rings. The molecule has 0 fully saturated rings. The van der Waals surface area contributed by atoms with Crippen LogP contribution in [0, 0.1) is 0 Å². The summed E-state index contributed by atoms with van der Waals surface area (Å²) < 4.78 is 0. The van der Waals surface area contributed by atoms with E-state index >= 15 is 0 Å². The zero-order valence-electron chi connectivity index (χ0n) is 15.3. The summed E-state index contributed by atoms with van der Waals surface area (Å²) in [7, 11) is 4.13. The van der Waals surface area contributed by atoms with E-state index in [4.69, 9.17) is 0 Å². The molecule has 0 aromatic heterocycles. The number of carbonyl (C=O) groups excluding carboxylic acids is 1. The average Bonchev–Trinajstić information content (AvgIpc) is 2.60. The highest BCUT2D eigenvalue weighted by Crippen LogP contribution is 2.40. The van der Waals surface area contributed by atoms with Gasteiger partial charge in [-0.1, -0.05) is 76.6 Å². The quantitative estimate of drug-likeness (QED) is 0.517. The van der Waals surface area contributed by atoms with Crippen LogP contribution in [0.15, 0.2) is 60.7 Å². The summed E-state index contributed by atoms with van der Waals surface area (Å²) in [6, 6.07) is 20.6. The number of halogens is 2. The van der Waals surface area contributed by atoms with Gasteiger partial charge in [-0.3, -0.25) is 4.79 Å². The van der Waals surface area contributed by atoms with E-state index in [-0.39, 0.29) is 33.6 Å². The maximum atomic E-state index is 13.5. The molecule has 2 rings (SSSR count). The van der Waals surface area contributed by atoms with Crippen LogP contribution in [0.3, 0.4) is 0 Å². The first kappa shape index (κ1) is 22.1. The van der Waals surface area contributed by atoms with Crippen LogP contribution < -0.4 is 0 Å². The van der Waals surface area contributed by atoms with Gasteiger partial charge in [-0.2, -0.15) is 0 Å². The van der Waals surface area contributed by atoms with E-state index < -0.39 is 5.41 Å². The van der Waals surface area contributed by atoms with Gasteiger partial charge in [-0.05, 0) is 45.5 Å². The van der Waals surface area contributed by atoms with Crippen LogP contribution >= 0.6 is 32.9 Å². The molecule has 136 valence electrons. The van der Waals surface area contributed by atoms with Gasteiger partial charge in [0, 0.05) is 6.04 Å². The van der Waals surface area contributed by atoms with Crippen molar-refractivity contribution in [3.63, 3.8) is 0 Å². The number of rotatable bonds is 7. The second-order valence-electron chi connectivity index (χ2n) is 6.63. The summed E-state index contributed by atoms with van der Waals surface area (Å²) in [6.07, 6.45) is 0.739. The van der Waals surface area contributed by atoms with E-state index in [0.29, 0.717) is 0 Å². The minimum atomic E-state index is -0.658. The van der Waals surface area contributed by atoms with Gasteiger partial charge >= 0.3 is 0 Å². The summed E-state index contributed by atoms with van der Waals surface area (Å²) in [5.74, 6) is 0.202. The molecule has 0 bridgehead atoms. The summed E-state index contributed by atoms with van der Waals surface area (Å²) in [6.45, 7) is 4.09. The Hall–Kier alpha value is -0.970. The lowest BCUT2D eigenvalue weighted by Gasteiger charge is -2.38. The first-order chi connectivity index (χ1) is 11.4. The van der Waals surface area contributed by atoms with E-state index in [1.54, 1.807) is 0 Å². The Bertz CT molecular complexity index is 617. The Labute approximate surface area is 170 Å². The Balaban J connectivity index is 0.00000312. The molecule has 0 spiro atoms. The molecular formula is C21H27Br2NO. The molecule has 4 heteroatoms. The van der Waals surface area contributed by atoms with Crippen LogP contribution in [0.25, 0.3) is 0 Å². The van der Waals surface area contributed by atoms with Gasteiger partial charge in [0.05, 0.1) is 10.2 Å². The van der Waals surface area contributed by atoms with E-state index in [1.807, 2.05) is 43.3 Å². The van der Waals surface area contributed by atoms with Crippen molar-refractivity contribution < 1.29 is 4.79 Å². The molecule has 0 saturated heterocycles. The molecule has 0 aliphatic carbocycles. The van der Waals surface area contributed by atoms with Crippen LogP contribution in [0.1, 0.15) is 31.4 Å². The van der Waals surface area contributed by atoms with E-state index in [1.165, 1.54) is 0 Å². The predicted molar refractivity (Wildman–Crippen MR) is 115 cm³/mol. The third kappa shape index (κ3) is 4.81. The number of alkyl halides is 1. The highest BCUT2D eigenvalue weighted by Gasteiger charge is 2.44. The molecule has 0 saturated carbocycles. The third-order valence-corrected chi connectivity index (χ3v) is 5.21. The lowest BCUT2D eigenvalue weighted by atomic mass is 9.67. The monoisotopic (exact) mass is 467 g/mol. The highest BCUT2D eigenvalue weighted by atomic mass is 79.9. The van der Waals surface area contributed by atoms with Gasteiger partial charge < -0.3 is 4.90 Å². The number of nitrogens with zero attached hydrogens (tertiary/aromatic N) is 1. The summed E-state index contributed by atoms with van der Waals surface area (Å²) in [4.78, 5) is 15.4. The second kappa shape index (κ2) is 9.65. The number of carbonyl (C=O) groups is 1. The van der Waals surface area contributed by atoms with Crippen molar-refractivity contribution in [2.45, 2.75) is 36.6 Å². The van der Waals surface area contributed by atoms with Crippen LogP contribution in [-0.2, 0) is 10.2 Å². The first-order valence-corrected chi connectivity index (χ1v) is 9.27. The van der Waals surface area contributed by atoms with Crippen LogP contribution in [-0.4, -0.2) is 35.6 Å². The van der Waals surface area contributed by atoms with E-state index in [9.17, 15) is 4.79 Å². The SMILES string of the molecule is Br.CC(Br)C(=O)C(CC(C)N(C)C)(c1ccccc1)c1ccccc1. The second-order valence-corrected chi connectivity index (χ2v) is 8.01. The van der Waals surface area contributed by atoms with Crippen molar-refractivity contribution in [2.75, 3.05) is 14.1 Å². The predicted octanol–water partition coefficient (Wildman–Crippen LogP) is 5.24. The third-order valence-electron chi connectivity index (χ3n) is 4.80. The number of benzene rings is 2. The lowest BCUT2D eigenvalue weighted by molar-refractivity contribution is -0.123. The molecule has 0 heterocycles.